The first-order valence-electron chi connectivity index (χ1n) is 5.35. The molecule has 0 spiro atoms. The minimum absolute atomic E-state index is 0.354. The molecule has 6 heteroatoms. The average Bonchev–Trinajstić information content (AvgIpc) is 2.74. The molecule has 0 aromatic carbocycles. The summed E-state index contributed by atoms with van der Waals surface area (Å²) in [6.45, 7) is -0.709. The van der Waals surface area contributed by atoms with Crippen molar-refractivity contribution in [2.24, 2.45) is 11.8 Å². The van der Waals surface area contributed by atoms with Crippen molar-refractivity contribution in [2.75, 3.05) is 13.2 Å². The standard InChI is InChI=1S/C10H17NO5/c12-4-6(5-13)11-9(14)7-2-1-3-8(7)10(15)16/h6-8,12-13H,1-5H2,(H,11,14)(H,15,16)/t7-,8+/m1/s1. The zero-order valence-electron chi connectivity index (χ0n) is 8.93. The van der Waals surface area contributed by atoms with Gasteiger partial charge < -0.3 is 20.6 Å². The van der Waals surface area contributed by atoms with Gasteiger partial charge in [-0.2, -0.15) is 0 Å². The van der Waals surface area contributed by atoms with Gasteiger partial charge in [0.2, 0.25) is 5.91 Å². The number of aliphatic hydroxyl groups excluding tert-OH is 2. The van der Waals surface area contributed by atoms with Gasteiger partial charge in [-0.05, 0) is 12.8 Å². The fraction of sp³-hybridized carbons (Fsp3) is 0.800. The van der Waals surface area contributed by atoms with Crippen molar-refractivity contribution in [1.82, 2.24) is 5.32 Å². The predicted molar refractivity (Wildman–Crippen MR) is 54.6 cm³/mol. The molecule has 16 heavy (non-hydrogen) atoms. The number of amides is 1. The van der Waals surface area contributed by atoms with Crippen molar-refractivity contribution in [1.29, 1.82) is 0 Å². The molecule has 1 rings (SSSR count). The van der Waals surface area contributed by atoms with Crippen LogP contribution in [-0.4, -0.2) is 46.5 Å². The zero-order chi connectivity index (χ0) is 12.1. The van der Waals surface area contributed by atoms with Gasteiger partial charge in [0.25, 0.3) is 0 Å². The van der Waals surface area contributed by atoms with E-state index < -0.39 is 29.8 Å². The van der Waals surface area contributed by atoms with Crippen molar-refractivity contribution >= 4 is 11.9 Å². The van der Waals surface area contributed by atoms with E-state index >= 15 is 0 Å². The third kappa shape index (κ3) is 2.93. The quantitative estimate of drug-likeness (QED) is 0.483. The van der Waals surface area contributed by atoms with Crippen molar-refractivity contribution in [2.45, 2.75) is 25.3 Å². The topological polar surface area (TPSA) is 107 Å². The second-order valence-electron chi connectivity index (χ2n) is 4.05. The van der Waals surface area contributed by atoms with Gasteiger partial charge in [0.15, 0.2) is 0 Å². The minimum Gasteiger partial charge on any atom is -0.481 e. The lowest BCUT2D eigenvalue weighted by Gasteiger charge is -2.19. The summed E-state index contributed by atoms with van der Waals surface area (Å²) in [7, 11) is 0. The van der Waals surface area contributed by atoms with E-state index in [1.54, 1.807) is 0 Å². The van der Waals surface area contributed by atoms with Crippen LogP contribution >= 0.6 is 0 Å². The second-order valence-corrected chi connectivity index (χ2v) is 4.05. The predicted octanol–water partition coefficient (Wildman–Crippen LogP) is -1.04. The molecule has 0 aliphatic heterocycles. The summed E-state index contributed by atoms with van der Waals surface area (Å²) >= 11 is 0. The number of carboxylic acids is 1. The van der Waals surface area contributed by atoms with Gasteiger partial charge in [0, 0.05) is 0 Å². The summed E-state index contributed by atoms with van der Waals surface area (Å²) in [6, 6.07) is -0.706. The fourth-order valence-electron chi connectivity index (χ4n) is 2.03. The fourth-order valence-corrected chi connectivity index (χ4v) is 2.03. The number of hydrogen-bond acceptors (Lipinski definition) is 4. The molecule has 0 aromatic rings. The molecule has 1 aliphatic rings. The first-order chi connectivity index (χ1) is 7.60. The van der Waals surface area contributed by atoms with E-state index in [9.17, 15) is 9.59 Å². The maximum atomic E-state index is 11.7. The van der Waals surface area contributed by atoms with E-state index in [0.29, 0.717) is 12.8 Å². The number of hydrogen-bond donors (Lipinski definition) is 4. The highest BCUT2D eigenvalue weighted by molar-refractivity contribution is 5.85. The number of carbonyl (C=O) groups is 2. The van der Waals surface area contributed by atoms with Gasteiger partial charge in [-0.3, -0.25) is 9.59 Å². The van der Waals surface area contributed by atoms with Crippen LogP contribution in [0.1, 0.15) is 19.3 Å². The van der Waals surface area contributed by atoms with Gasteiger partial charge >= 0.3 is 5.97 Å². The van der Waals surface area contributed by atoms with Crippen LogP contribution in [0.4, 0.5) is 0 Å². The first-order valence-corrected chi connectivity index (χ1v) is 5.35. The van der Waals surface area contributed by atoms with E-state index in [0.717, 1.165) is 6.42 Å². The highest BCUT2D eigenvalue weighted by Crippen LogP contribution is 2.32. The Kier molecular flexibility index (Phi) is 4.70. The SMILES string of the molecule is O=C(O)[C@H]1CCC[C@H]1C(=O)NC(CO)CO. The Hall–Kier alpha value is -1.14. The van der Waals surface area contributed by atoms with Gasteiger partial charge in [-0.15, -0.1) is 0 Å². The summed E-state index contributed by atoms with van der Waals surface area (Å²) in [4.78, 5) is 22.6. The molecule has 0 saturated heterocycles. The lowest BCUT2D eigenvalue weighted by atomic mass is 9.95. The van der Waals surface area contributed by atoms with Gasteiger partial charge in [-0.25, -0.2) is 0 Å². The summed E-state index contributed by atoms with van der Waals surface area (Å²) < 4.78 is 0. The minimum atomic E-state index is -0.956. The smallest absolute Gasteiger partial charge is 0.307 e. The van der Waals surface area contributed by atoms with Gasteiger partial charge in [0.1, 0.15) is 0 Å². The number of nitrogens with one attached hydrogen (secondary N) is 1. The number of carbonyl (C=O) groups excluding carboxylic acids is 1. The summed E-state index contributed by atoms with van der Waals surface area (Å²) in [6.07, 6.45) is 1.78. The lowest BCUT2D eigenvalue weighted by Crippen LogP contribution is -2.44. The van der Waals surface area contributed by atoms with E-state index in [-0.39, 0.29) is 13.2 Å². The molecule has 1 amide bonds. The Morgan fingerprint density at radius 2 is 1.75 bits per heavy atom. The molecule has 6 nitrogen and oxygen atoms in total. The second kappa shape index (κ2) is 5.81. The third-order valence-corrected chi connectivity index (χ3v) is 2.96. The van der Waals surface area contributed by atoms with Gasteiger partial charge in [-0.1, -0.05) is 6.42 Å². The molecule has 0 bridgehead atoms. The molecule has 0 heterocycles. The normalized spacial score (nSPS) is 24.7. The molecule has 4 N–H and O–H groups in total. The number of aliphatic hydroxyl groups is 2. The summed E-state index contributed by atoms with van der Waals surface area (Å²) in [5.74, 6) is -2.53. The molecule has 1 aliphatic carbocycles. The molecule has 2 atom stereocenters. The third-order valence-electron chi connectivity index (χ3n) is 2.96. The van der Waals surface area contributed by atoms with Crippen LogP contribution in [0.15, 0.2) is 0 Å². The molecule has 0 aromatic heterocycles. The van der Waals surface area contributed by atoms with E-state index in [1.807, 2.05) is 0 Å². The maximum absolute atomic E-state index is 11.7. The Morgan fingerprint density at radius 1 is 1.19 bits per heavy atom. The summed E-state index contributed by atoms with van der Waals surface area (Å²) in [5.41, 5.74) is 0. The van der Waals surface area contributed by atoms with Crippen molar-refractivity contribution in [3.8, 4) is 0 Å². The van der Waals surface area contributed by atoms with Crippen LogP contribution in [0, 0.1) is 11.8 Å². The van der Waals surface area contributed by atoms with Crippen LogP contribution in [0.2, 0.25) is 0 Å². The zero-order valence-corrected chi connectivity index (χ0v) is 8.93. The number of carboxylic acid groups (broad SMARTS) is 1. The van der Waals surface area contributed by atoms with Crippen molar-refractivity contribution in [3.63, 3.8) is 0 Å². The molecule has 0 radical (unpaired) electrons. The number of rotatable bonds is 5. The van der Waals surface area contributed by atoms with Crippen LogP contribution < -0.4 is 5.32 Å². The Morgan fingerprint density at radius 3 is 2.25 bits per heavy atom. The Labute approximate surface area is 93.3 Å². The van der Waals surface area contributed by atoms with Crippen molar-refractivity contribution < 1.29 is 24.9 Å². The molecule has 1 fully saturated rings. The van der Waals surface area contributed by atoms with Crippen LogP contribution in [-0.2, 0) is 9.59 Å². The van der Waals surface area contributed by atoms with Crippen molar-refractivity contribution in [3.05, 3.63) is 0 Å². The van der Waals surface area contributed by atoms with E-state index in [4.69, 9.17) is 15.3 Å². The van der Waals surface area contributed by atoms with Crippen LogP contribution in [0.25, 0.3) is 0 Å². The summed E-state index contributed by atoms with van der Waals surface area (Å²) in [5, 5.41) is 28.9. The monoisotopic (exact) mass is 231 g/mol. The highest BCUT2D eigenvalue weighted by atomic mass is 16.4. The Balaban J connectivity index is 2.56. The van der Waals surface area contributed by atoms with Gasteiger partial charge in [0.05, 0.1) is 31.1 Å². The average molecular weight is 231 g/mol. The number of aliphatic carboxylic acids is 1. The largest absolute Gasteiger partial charge is 0.481 e. The van der Waals surface area contributed by atoms with Crippen LogP contribution in [0.3, 0.4) is 0 Å². The molecular formula is C10H17NO5. The molecule has 0 unspecified atom stereocenters. The van der Waals surface area contributed by atoms with E-state index in [2.05, 4.69) is 5.32 Å². The molecular weight excluding hydrogens is 214 g/mol. The molecule has 92 valence electrons. The Bertz CT molecular complexity index is 264. The lowest BCUT2D eigenvalue weighted by molar-refractivity contribution is -0.146. The van der Waals surface area contributed by atoms with E-state index in [1.165, 1.54) is 0 Å². The molecule has 1 saturated carbocycles. The highest BCUT2D eigenvalue weighted by Gasteiger charge is 2.38. The van der Waals surface area contributed by atoms with Crippen LogP contribution in [0.5, 0.6) is 0 Å². The maximum Gasteiger partial charge on any atom is 0.307 e. The first kappa shape index (κ1) is 12.9.